The van der Waals surface area contributed by atoms with E-state index >= 15 is 0 Å². The van der Waals surface area contributed by atoms with Gasteiger partial charge in [0.1, 0.15) is 11.6 Å². The summed E-state index contributed by atoms with van der Waals surface area (Å²) >= 11 is 0.770. The van der Waals surface area contributed by atoms with Crippen molar-refractivity contribution in [3.05, 3.63) is 206 Å². The van der Waals surface area contributed by atoms with Crippen LogP contribution in [0, 0.1) is 0 Å². The van der Waals surface area contributed by atoms with Gasteiger partial charge in [0.2, 0.25) is 0 Å². The minimum Gasteiger partial charge on any atom is -0.338 e. The summed E-state index contributed by atoms with van der Waals surface area (Å²) < 4.78 is 12.3. The van der Waals surface area contributed by atoms with E-state index in [9.17, 15) is 4.55 Å². The van der Waals surface area contributed by atoms with Gasteiger partial charge in [-0.2, -0.15) is 0 Å². The quantitative estimate of drug-likeness (QED) is 0.124. The molecule has 10 aromatic carbocycles. The van der Waals surface area contributed by atoms with Crippen molar-refractivity contribution in [1.29, 1.82) is 0 Å². The SMILES string of the molecule is OSc1cccc(-c2ccc3c(-c4ccc5ccccc5c4)c4cc(-c5nc6ccccc6[nH]5)ccc4c(-c4ccc(-c5nc6ccccc6n5-c5ccccc5)cc4)c3c2)c1. The normalized spacial score (nSPS) is 11.7. The van der Waals surface area contributed by atoms with Crippen LogP contribution in [0.5, 0.6) is 0 Å². The Hall–Kier alpha value is -7.77. The topological polar surface area (TPSA) is 66.7 Å². The highest BCUT2D eigenvalue weighted by atomic mass is 32.2. The molecule has 6 heteroatoms. The number of para-hydroxylation sites is 5. The summed E-state index contributed by atoms with van der Waals surface area (Å²) in [5, 5.41) is 6.96. The minimum absolute atomic E-state index is 0.770. The Morgan fingerprint density at radius 2 is 1.05 bits per heavy atom. The Morgan fingerprint density at radius 3 is 1.85 bits per heavy atom. The zero-order chi connectivity index (χ0) is 41.1. The van der Waals surface area contributed by atoms with Crippen LogP contribution in [0.3, 0.4) is 0 Å². The van der Waals surface area contributed by atoms with Gasteiger partial charge in [0.15, 0.2) is 0 Å². The molecule has 0 radical (unpaired) electrons. The van der Waals surface area contributed by atoms with E-state index in [1.54, 1.807) is 0 Å². The second kappa shape index (κ2) is 14.7. The molecule has 0 aliphatic heterocycles. The van der Waals surface area contributed by atoms with E-state index in [1.165, 1.54) is 16.3 Å². The molecule has 62 heavy (non-hydrogen) atoms. The Labute approximate surface area is 361 Å². The van der Waals surface area contributed by atoms with E-state index in [0.717, 1.165) is 117 Å². The number of rotatable bonds is 7. The molecule has 0 fully saturated rings. The minimum atomic E-state index is 0.770. The maximum atomic E-state index is 10.0. The van der Waals surface area contributed by atoms with Crippen LogP contribution in [0.25, 0.3) is 116 Å². The van der Waals surface area contributed by atoms with E-state index in [1.807, 2.05) is 48.5 Å². The molecule has 2 aromatic heterocycles. The number of benzene rings is 10. The Balaban J connectivity index is 1.13. The Morgan fingerprint density at radius 1 is 0.419 bits per heavy atom. The maximum absolute atomic E-state index is 10.0. The molecule has 0 unspecified atom stereocenters. The fraction of sp³-hybridized carbons (Fsp3) is 0. The van der Waals surface area contributed by atoms with E-state index in [2.05, 4.69) is 167 Å². The third-order valence-corrected chi connectivity index (χ3v) is 12.6. The zero-order valence-corrected chi connectivity index (χ0v) is 34.1. The van der Waals surface area contributed by atoms with Crippen LogP contribution in [-0.2, 0) is 0 Å². The van der Waals surface area contributed by atoms with Gasteiger partial charge in [-0.25, -0.2) is 9.97 Å². The van der Waals surface area contributed by atoms with Crippen molar-refractivity contribution in [2.24, 2.45) is 0 Å². The Kier molecular flexibility index (Phi) is 8.59. The highest BCUT2D eigenvalue weighted by molar-refractivity contribution is 7.93. The summed E-state index contributed by atoms with van der Waals surface area (Å²) in [6.45, 7) is 0. The summed E-state index contributed by atoms with van der Waals surface area (Å²) in [5.41, 5.74) is 13.8. The van der Waals surface area contributed by atoms with Crippen molar-refractivity contribution >= 4 is 66.4 Å². The van der Waals surface area contributed by atoms with E-state index < -0.39 is 0 Å². The number of aromatic amines is 1. The molecule has 12 aromatic rings. The van der Waals surface area contributed by atoms with Crippen LogP contribution in [0.4, 0.5) is 0 Å². The monoisotopic (exact) mass is 812 g/mol. The van der Waals surface area contributed by atoms with Crippen molar-refractivity contribution in [3.8, 4) is 61.8 Å². The fourth-order valence-electron chi connectivity index (χ4n) is 9.19. The van der Waals surface area contributed by atoms with Gasteiger partial charge in [-0.05, 0) is 132 Å². The number of hydrogen-bond donors (Lipinski definition) is 2. The van der Waals surface area contributed by atoms with Crippen molar-refractivity contribution < 1.29 is 4.55 Å². The molecule has 5 nitrogen and oxygen atoms in total. The number of nitrogens with one attached hydrogen (secondary N) is 1. The maximum Gasteiger partial charge on any atom is 0.145 e. The molecule has 0 bridgehead atoms. The van der Waals surface area contributed by atoms with E-state index in [0.29, 0.717) is 0 Å². The van der Waals surface area contributed by atoms with Crippen LogP contribution >= 0.6 is 12.0 Å². The molecular weight excluding hydrogens is 777 g/mol. The molecular formula is C56H36N4OS. The third kappa shape index (κ3) is 6.07. The number of imidazole rings is 2. The molecule has 0 saturated carbocycles. The van der Waals surface area contributed by atoms with Gasteiger partial charge < -0.3 is 9.54 Å². The predicted octanol–water partition coefficient (Wildman–Crippen LogP) is 15.3. The lowest BCUT2D eigenvalue weighted by molar-refractivity contribution is 0.664. The summed E-state index contributed by atoms with van der Waals surface area (Å²) in [6.07, 6.45) is 0. The van der Waals surface area contributed by atoms with Crippen molar-refractivity contribution in [2.75, 3.05) is 0 Å². The number of hydrogen-bond acceptors (Lipinski definition) is 4. The summed E-state index contributed by atoms with van der Waals surface area (Å²) in [6, 6.07) is 72.9. The molecule has 2 heterocycles. The van der Waals surface area contributed by atoms with Gasteiger partial charge in [0.25, 0.3) is 0 Å². The lowest BCUT2D eigenvalue weighted by Gasteiger charge is -2.20. The molecule has 0 aliphatic rings. The molecule has 0 saturated heterocycles. The lowest BCUT2D eigenvalue weighted by Crippen LogP contribution is -1.97. The van der Waals surface area contributed by atoms with Crippen LogP contribution < -0.4 is 0 Å². The zero-order valence-electron chi connectivity index (χ0n) is 33.3. The number of aromatic nitrogens is 4. The van der Waals surface area contributed by atoms with Gasteiger partial charge in [-0.1, -0.05) is 140 Å². The van der Waals surface area contributed by atoms with Gasteiger partial charge in [-0.3, -0.25) is 4.57 Å². The lowest BCUT2D eigenvalue weighted by atomic mass is 9.83. The predicted molar refractivity (Wildman–Crippen MR) is 259 cm³/mol. The highest BCUT2D eigenvalue weighted by Crippen LogP contribution is 2.47. The Bertz CT molecular complexity index is 3650. The first-order valence-electron chi connectivity index (χ1n) is 20.7. The second-order valence-electron chi connectivity index (χ2n) is 15.7. The summed E-state index contributed by atoms with van der Waals surface area (Å²) in [4.78, 5) is 14.6. The molecule has 12 rings (SSSR count). The molecule has 2 N–H and O–H groups in total. The first kappa shape index (κ1) is 36.1. The summed E-state index contributed by atoms with van der Waals surface area (Å²) in [5.74, 6) is 1.73. The largest absolute Gasteiger partial charge is 0.338 e. The number of fused-ring (bicyclic) bond motifs is 5. The van der Waals surface area contributed by atoms with Crippen LogP contribution in [0.2, 0.25) is 0 Å². The van der Waals surface area contributed by atoms with Crippen molar-refractivity contribution in [2.45, 2.75) is 4.90 Å². The molecule has 0 amide bonds. The number of H-pyrrole nitrogens is 1. The highest BCUT2D eigenvalue weighted by Gasteiger charge is 2.21. The second-order valence-corrected chi connectivity index (χ2v) is 16.4. The number of nitrogens with zero attached hydrogens (tertiary/aromatic N) is 3. The average Bonchev–Trinajstić information content (AvgIpc) is 3.96. The molecule has 0 spiro atoms. The first-order valence-corrected chi connectivity index (χ1v) is 21.5. The van der Waals surface area contributed by atoms with E-state index in [4.69, 9.17) is 9.97 Å². The standard InChI is InChI=1S/C56H36N4OS/c61-62-44-16-10-13-39(32-44)40-27-29-46-47(33-40)53(36-22-24-37(25-23-36)56-59-51-19-8-9-20-52(51)60(56)43-14-2-1-3-15-43)45-30-28-42(55-57-49-17-6-7-18-50(49)58-55)34-48(45)54(46)41-26-21-35-11-4-5-12-38(35)31-41/h1-34,61H,(H,57,58). The molecule has 0 atom stereocenters. The van der Waals surface area contributed by atoms with Gasteiger partial charge in [-0.15, -0.1) is 0 Å². The average molecular weight is 813 g/mol. The smallest absolute Gasteiger partial charge is 0.145 e. The van der Waals surface area contributed by atoms with Crippen molar-refractivity contribution in [3.63, 3.8) is 0 Å². The van der Waals surface area contributed by atoms with Gasteiger partial charge >= 0.3 is 0 Å². The molecule has 0 aliphatic carbocycles. The third-order valence-electron chi connectivity index (χ3n) is 12.1. The van der Waals surface area contributed by atoms with Crippen LogP contribution in [0.1, 0.15) is 0 Å². The molecule has 292 valence electrons. The van der Waals surface area contributed by atoms with Crippen LogP contribution in [0.15, 0.2) is 211 Å². The van der Waals surface area contributed by atoms with Crippen LogP contribution in [-0.4, -0.2) is 24.1 Å². The van der Waals surface area contributed by atoms with Gasteiger partial charge in [0, 0.05) is 33.8 Å². The van der Waals surface area contributed by atoms with E-state index in [-0.39, 0.29) is 0 Å². The van der Waals surface area contributed by atoms with Gasteiger partial charge in [0.05, 0.1) is 22.1 Å². The van der Waals surface area contributed by atoms with Crippen molar-refractivity contribution in [1.82, 2.24) is 19.5 Å². The first-order chi connectivity index (χ1) is 30.7. The fourth-order valence-corrected chi connectivity index (χ4v) is 9.51. The summed E-state index contributed by atoms with van der Waals surface area (Å²) in [7, 11) is 0.